The first-order valence-corrected chi connectivity index (χ1v) is 7.49. The number of nitrogens with zero attached hydrogens (tertiary/aromatic N) is 1. The zero-order chi connectivity index (χ0) is 15.0. The van der Waals surface area contributed by atoms with Crippen LogP contribution in [0, 0.1) is 6.92 Å². The van der Waals surface area contributed by atoms with Gasteiger partial charge in [-0.3, -0.25) is 4.98 Å². The molecule has 21 heavy (non-hydrogen) atoms. The topological polar surface area (TPSA) is 48.1 Å². The Balaban J connectivity index is 2.11. The third kappa shape index (κ3) is 2.82. The summed E-state index contributed by atoms with van der Waals surface area (Å²) in [7, 11) is 0. The zero-order valence-corrected chi connectivity index (χ0v) is 13.6. The van der Waals surface area contributed by atoms with Gasteiger partial charge in [-0.1, -0.05) is 11.6 Å². The Bertz CT molecular complexity index is 836. The summed E-state index contributed by atoms with van der Waals surface area (Å²) in [5.74, 6) is 1.41. The molecule has 0 bridgehead atoms. The highest BCUT2D eigenvalue weighted by Crippen LogP contribution is 2.34. The van der Waals surface area contributed by atoms with Gasteiger partial charge in [0.15, 0.2) is 5.75 Å². The lowest BCUT2D eigenvalue weighted by molar-refractivity contribution is 0.483. The van der Waals surface area contributed by atoms with E-state index in [1.54, 1.807) is 12.3 Å². The SMILES string of the molecule is Cc1cc(Cl)ccc1Oc1ccc(N)c2cc(Br)cnc12. The van der Waals surface area contributed by atoms with Crippen LogP contribution in [-0.4, -0.2) is 4.98 Å². The molecule has 0 unspecified atom stereocenters. The van der Waals surface area contributed by atoms with E-state index < -0.39 is 0 Å². The van der Waals surface area contributed by atoms with E-state index in [9.17, 15) is 0 Å². The van der Waals surface area contributed by atoms with Crippen molar-refractivity contribution in [1.82, 2.24) is 4.98 Å². The summed E-state index contributed by atoms with van der Waals surface area (Å²) >= 11 is 9.37. The number of fused-ring (bicyclic) bond motifs is 1. The number of hydrogen-bond donors (Lipinski definition) is 1. The quantitative estimate of drug-likeness (QED) is 0.626. The van der Waals surface area contributed by atoms with Crippen molar-refractivity contribution in [2.45, 2.75) is 6.92 Å². The number of nitrogens with two attached hydrogens (primary N) is 1. The first kappa shape index (κ1) is 14.2. The van der Waals surface area contributed by atoms with E-state index in [1.165, 1.54) is 0 Å². The number of rotatable bonds is 2. The Hall–Kier alpha value is -1.78. The highest BCUT2D eigenvalue weighted by molar-refractivity contribution is 9.10. The molecule has 3 rings (SSSR count). The number of hydrogen-bond acceptors (Lipinski definition) is 3. The van der Waals surface area contributed by atoms with Gasteiger partial charge in [0, 0.05) is 26.8 Å². The van der Waals surface area contributed by atoms with E-state index in [-0.39, 0.29) is 0 Å². The lowest BCUT2D eigenvalue weighted by Gasteiger charge is -2.12. The molecule has 106 valence electrons. The third-order valence-electron chi connectivity index (χ3n) is 3.17. The molecule has 0 aliphatic rings. The fourth-order valence-corrected chi connectivity index (χ4v) is 2.68. The van der Waals surface area contributed by atoms with Crippen molar-refractivity contribution in [1.29, 1.82) is 0 Å². The monoisotopic (exact) mass is 362 g/mol. The van der Waals surface area contributed by atoms with E-state index in [4.69, 9.17) is 22.1 Å². The lowest BCUT2D eigenvalue weighted by atomic mass is 10.1. The van der Waals surface area contributed by atoms with Gasteiger partial charge in [0.05, 0.1) is 0 Å². The smallest absolute Gasteiger partial charge is 0.153 e. The standard InChI is InChI=1S/C16H12BrClN2O/c1-9-6-11(18)2-4-14(9)21-15-5-3-13(19)12-7-10(17)8-20-16(12)15/h2-8H,19H2,1H3. The zero-order valence-electron chi connectivity index (χ0n) is 11.2. The normalized spacial score (nSPS) is 10.8. The Kier molecular flexibility index (Phi) is 3.74. The molecular formula is C16H12BrClN2O. The molecule has 0 spiro atoms. The highest BCUT2D eigenvalue weighted by atomic mass is 79.9. The molecule has 1 heterocycles. The van der Waals surface area contributed by atoms with Gasteiger partial charge < -0.3 is 10.5 Å². The van der Waals surface area contributed by atoms with Crippen molar-refractivity contribution < 1.29 is 4.74 Å². The van der Waals surface area contributed by atoms with Crippen LogP contribution in [-0.2, 0) is 0 Å². The van der Waals surface area contributed by atoms with Crippen LogP contribution in [0.1, 0.15) is 5.56 Å². The Labute approximate surface area is 135 Å². The van der Waals surface area contributed by atoms with Crippen molar-refractivity contribution in [3.63, 3.8) is 0 Å². The second kappa shape index (κ2) is 5.54. The number of pyridine rings is 1. The molecule has 0 atom stereocenters. The van der Waals surface area contributed by atoms with Crippen LogP contribution >= 0.6 is 27.5 Å². The van der Waals surface area contributed by atoms with Crippen molar-refractivity contribution >= 4 is 44.1 Å². The van der Waals surface area contributed by atoms with Gasteiger partial charge in [-0.15, -0.1) is 0 Å². The first-order valence-electron chi connectivity index (χ1n) is 6.32. The number of ether oxygens (including phenoxy) is 1. The maximum absolute atomic E-state index is 6.00. The van der Waals surface area contributed by atoms with Gasteiger partial charge in [-0.05, 0) is 64.8 Å². The molecule has 3 nitrogen and oxygen atoms in total. The van der Waals surface area contributed by atoms with Crippen LogP contribution in [0.25, 0.3) is 10.9 Å². The van der Waals surface area contributed by atoms with Gasteiger partial charge in [0.25, 0.3) is 0 Å². The largest absolute Gasteiger partial charge is 0.455 e. The van der Waals surface area contributed by atoms with Crippen molar-refractivity contribution in [3.05, 3.63) is 57.7 Å². The van der Waals surface area contributed by atoms with Gasteiger partial charge in [-0.2, -0.15) is 0 Å². The molecule has 2 aromatic carbocycles. The molecule has 3 aromatic rings. The molecular weight excluding hydrogens is 352 g/mol. The van der Waals surface area contributed by atoms with Crippen LogP contribution in [0.5, 0.6) is 11.5 Å². The minimum Gasteiger partial charge on any atom is -0.455 e. The molecule has 0 aliphatic heterocycles. The highest BCUT2D eigenvalue weighted by Gasteiger charge is 2.10. The van der Waals surface area contributed by atoms with Gasteiger partial charge >= 0.3 is 0 Å². The van der Waals surface area contributed by atoms with Crippen molar-refractivity contribution in [2.24, 2.45) is 0 Å². The van der Waals surface area contributed by atoms with Crippen LogP contribution in [0.4, 0.5) is 5.69 Å². The lowest BCUT2D eigenvalue weighted by Crippen LogP contribution is -1.94. The second-order valence-electron chi connectivity index (χ2n) is 4.71. The number of aromatic nitrogens is 1. The summed E-state index contributed by atoms with van der Waals surface area (Å²) in [6.45, 7) is 1.95. The fourth-order valence-electron chi connectivity index (χ4n) is 2.12. The van der Waals surface area contributed by atoms with E-state index in [1.807, 2.05) is 37.3 Å². The molecule has 5 heteroatoms. The number of benzene rings is 2. The Morgan fingerprint density at radius 2 is 1.90 bits per heavy atom. The molecule has 0 saturated heterocycles. The van der Waals surface area contributed by atoms with Gasteiger partial charge in [-0.25, -0.2) is 0 Å². The van der Waals surface area contributed by atoms with E-state index in [2.05, 4.69) is 20.9 Å². The van der Waals surface area contributed by atoms with E-state index in [0.29, 0.717) is 16.5 Å². The summed E-state index contributed by atoms with van der Waals surface area (Å²) in [4.78, 5) is 4.41. The summed E-state index contributed by atoms with van der Waals surface area (Å²) in [5, 5.41) is 1.54. The average Bonchev–Trinajstić information content (AvgIpc) is 2.45. The van der Waals surface area contributed by atoms with Crippen molar-refractivity contribution in [2.75, 3.05) is 5.73 Å². The van der Waals surface area contributed by atoms with Crippen LogP contribution < -0.4 is 10.5 Å². The fraction of sp³-hybridized carbons (Fsp3) is 0.0625. The minimum absolute atomic E-state index is 0.664. The minimum atomic E-state index is 0.664. The van der Waals surface area contributed by atoms with Crippen LogP contribution in [0.2, 0.25) is 5.02 Å². The van der Waals surface area contributed by atoms with Gasteiger partial charge in [0.2, 0.25) is 0 Å². The molecule has 0 fully saturated rings. The summed E-state index contributed by atoms with van der Waals surface area (Å²) < 4.78 is 6.86. The van der Waals surface area contributed by atoms with Crippen LogP contribution in [0.3, 0.4) is 0 Å². The number of nitrogen functional groups attached to an aromatic ring is 1. The van der Waals surface area contributed by atoms with Crippen LogP contribution in [0.15, 0.2) is 47.1 Å². The number of halogens is 2. The number of anilines is 1. The maximum Gasteiger partial charge on any atom is 0.153 e. The summed E-state index contributed by atoms with van der Waals surface area (Å²) in [6.07, 6.45) is 1.73. The molecule has 0 aliphatic carbocycles. The van der Waals surface area contributed by atoms with Gasteiger partial charge in [0.1, 0.15) is 11.3 Å². The second-order valence-corrected chi connectivity index (χ2v) is 6.07. The molecule has 2 N–H and O–H groups in total. The molecule has 1 aromatic heterocycles. The molecule has 0 amide bonds. The average molecular weight is 364 g/mol. The summed E-state index contributed by atoms with van der Waals surface area (Å²) in [5.41, 5.74) is 8.36. The van der Waals surface area contributed by atoms with Crippen molar-refractivity contribution in [3.8, 4) is 11.5 Å². The Morgan fingerprint density at radius 3 is 2.67 bits per heavy atom. The molecule has 0 saturated carbocycles. The predicted octanol–water partition coefficient (Wildman–Crippen LogP) is 5.33. The van der Waals surface area contributed by atoms with E-state index in [0.717, 1.165) is 26.7 Å². The number of aryl methyl sites for hydroxylation is 1. The molecule has 0 radical (unpaired) electrons. The first-order chi connectivity index (χ1) is 10.0. The third-order valence-corrected chi connectivity index (χ3v) is 3.84. The summed E-state index contributed by atoms with van der Waals surface area (Å²) in [6, 6.07) is 11.1. The maximum atomic E-state index is 6.00. The predicted molar refractivity (Wildman–Crippen MR) is 90.1 cm³/mol. The Morgan fingerprint density at radius 1 is 1.14 bits per heavy atom. The van der Waals surface area contributed by atoms with E-state index >= 15 is 0 Å².